The minimum Gasteiger partial charge on any atom is -0.258 e. The van der Waals surface area contributed by atoms with E-state index in [1.807, 2.05) is 36.4 Å². The van der Waals surface area contributed by atoms with Crippen molar-refractivity contribution in [1.82, 2.24) is 0 Å². The molecule has 0 N–H and O–H groups in total. The molecule has 0 atom stereocenters. The first-order chi connectivity index (χ1) is 10.4. The molecule has 0 aliphatic carbocycles. The molecule has 0 heterocycles. The van der Waals surface area contributed by atoms with Gasteiger partial charge >= 0.3 is 17.1 Å². The zero-order chi connectivity index (χ0) is 16.7. The van der Waals surface area contributed by atoms with E-state index in [1.165, 1.54) is 6.92 Å². The van der Waals surface area contributed by atoms with Crippen LogP contribution in [0.25, 0.3) is 0 Å². The first-order valence-corrected chi connectivity index (χ1v) is 5.93. The Labute approximate surface area is 124 Å². The van der Waals surface area contributed by atoms with E-state index in [9.17, 15) is 30.3 Å². The maximum atomic E-state index is 10.6. The first kappa shape index (κ1) is 16.7. The van der Waals surface area contributed by atoms with Crippen LogP contribution in [0.2, 0.25) is 0 Å². The molecule has 2 aromatic carbocycles. The lowest BCUT2D eigenvalue weighted by molar-refractivity contribution is -0.441. The second-order valence-corrected chi connectivity index (χ2v) is 4.02. The molecule has 0 unspecified atom stereocenters. The Hall–Kier alpha value is -3.36. The Morgan fingerprint density at radius 2 is 1.09 bits per heavy atom. The van der Waals surface area contributed by atoms with Crippen molar-refractivity contribution < 1.29 is 14.8 Å². The molecule has 114 valence electrons. The van der Waals surface area contributed by atoms with Crippen LogP contribution in [0.5, 0.6) is 0 Å². The van der Waals surface area contributed by atoms with Gasteiger partial charge in [-0.3, -0.25) is 30.3 Å². The molecule has 0 fully saturated rings. The monoisotopic (exact) mass is 305 g/mol. The number of hydrogen-bond acceptors (Lipinski definition) is 6. The normalized spacial score (nSPS) is 9.32. The molecule has 0 aliphatic heterocycles. The van der Waals surface area contributed by atoms with Crippen LogP contribution >= 0.6 is 0 Å². The Morgan fingerprint density at radius 3 is 1.41 bits per heavy atom. The molecule has 0 saturated carbocycles. The summed E-state index contributed by atoms with van der Waals surface area (Å²) in [6, 6.07) is 14.0. The van der Waals surface area contributed by atoms with Gasteiger partial charge in [-0.25, -0.2) is 0 Å². The SMILES string of the molecule is Cc1ccc([N+](=O)[O-])c([N+](=O)[O-])c1[N+](=O)[O-].c1ccccc1. The van der Waals surface area contributed by atoms with Gasteiger partial charge in [0.05, 0.1) is 14.8 Å². The van der Waals surface area contributed by atoms with Crippen molar-refractivity contribution in [2.75, 3.05) is 0 Å². The standard InChI is InChI=1S/C7H5N3O6.C6H6/c1-4-2-3-5(8(11)12)7(10(15)16)6(4)9(13)14;1-2-4-6-5-3-1/h2-3H,1H3;1-6H. The molecular weight excluding hydrogens is 294 g/mol. The van der Waals surface area contributed by atoms with E-state index < -0.39 is 31.8 Å². The van der Waals surface area contributed by atoms with Gasteiger partial charge < -0.3 is 0 Å². The highest BCUT2D eigenvalue weighted by atomic mass is 16.6. The van der Waals surface area contributed by atoms with Crippen molar-refractivity contribution in [3.8, 4) is 0 Å². The lowest BCUT2D eigenvalue weighted by Crippen LogP contribution is -2.02. The summed E-state index contributed by atoms with van der Waals surface area (Å²) in [7, 11) is 0. The number of nitrogens with zero attached hydrogens (tertiary/aromatic N) is 3. The smallest absolute Gasteiger partial charge is 0.258 e. The summed E-state index contributed by atoms with van der Waals surface area (Å²) in [6.45, 7) is 1.27. The van der Waals surface area contributed by atoms with Gasteiger partial charge in [0.1, 0.15) is 0 Å². The predicted molar refractivity (Wildman–Crippen MR) is 77.6 cm³/mol. The Morgan fingerprint density at radius 1 is 0.682 bits per heavy atom. The van der Waals surface area contributed by atoms with E-state index in [1.54, 1.807) is 0 Å². The van der Waals surface area contributed by atoms with Crippen LogP contribution in [0.15, 0.2) is 48.5 Å². The fraction of sp³-hybridized carbons (Fsp3) is 0.0769. The summed E-state index contributed by atoms with van der Waals surface area (Å²) in [6.07, 6.45) is 0. The van der Waals surface area contributed by atoms with Crippen LogP contribution in [0.4, 0.5) is 17.1 Å². The van der Waals surface area contributed by atoms with Crippen molar-refractivity contribution in [1.29, 1.82) is 0 Å². The maximum absolute atomic E-state index is 10.6. The zero-order valence-electron chi connectivity index (χ0n) is 11.4. The van der Waals surface area contributed by atoms with Gasteiger partial charge in [0.15, 0.2) is 0 Å². The average molecular weight is 305 g/mol. The lowest BCUT2D eigenvalue weighted by Gasteiger charge is -1.98. The molecule has 0 radical (unpaired) electrons. The summed E-state index contributed by atoms with van der Waals surface area (Å²) in [5, 5.41) is 31.7. The molecular formula is C13H11N3O6. The molecule has 0 aliphatic rings. The number of benzene rings is 2. The van der Waals surface area contributed by atoms with Gasteiger partial charge in [0, 0.05) is 11.6 Å². The fourth-order valence-corrected chi connectivity index (χ4v) is 1.61. The molecule has 2 rings (SSSR count). The van der Waals surface area contributed by atoms with E-state index in [0.29, 0.717) is 0 Å². The first-order valence-electron chi connectivity index (χ1n) is 5.93. The zero-order valence-corrected chi connectivity index (χ0v) is 11.4. The Kier molecular flexibility index (Phi) is 5.64. The summed E-state index contributed by atoms with van der Waals surface area (Å²) >= 11 is 0. The molecule has 2 aromatic rings. The molecule has 9 heteroatoms. The molecule has 9 nitrogen and oxygen atoms in total. The van der Waals surface area contributed by atoms with Gasteiger partial charge in [0.2, 0.25) is 0 Å². The van der Waals surface area contributed by atoms with Crippen molar-refractivity contribution in [3.05, 3.63) is 84.4 Å². The predicted octanol–water partition coefficient (Wildman–Crippen LogP) is 3.41. The quantitative estimate of drug-likeness (QED) is 0.631. The second-order valence-electron chi connectivity index (χ2n) is 4.02. The van der Waals surface area contributed by atoms with Crippen molar-refractivity contribution in [2.24, 2.45) is 0 Å². The van der Waals surface area contributed by atoms with E-state index in [0.717, 1.165) is 12.1 Å². The highest BCUT2D eigenvalue weighted by molar-refractivity contribution is 5.68. The van der Waals surface area contributed by atoms with Gasteiger partial charge in [-0.15, -0.1) is 0 Å². The van der Waals surface area contributed by atoms with Crippen LogP contribution in [0.1, 0.15) is 5.56 Å². The van der Waals surface area contributed by atoms with E-state index >= 15 is 0 Å². The largest absolute Gasteiger partial charge is 0.422 e. The molecule has 0 aromatic heterocycles. The third-order valence-electron chi connectivity index (χ3n) is 2.56. The van der Waals surface area contributed by atoms with Crippen LogP contribution < -0.4 is 0 Å². The van der Waals surface area contributed by atoms with Gasteiger partial charge in [0.25, 0.3) is 0 Å². The minimum absolute atomic E-state index is 0.00213. The molecule has 0 saturated heterocycles. The third-order valence-corrected chi connectivity index (χ3v) is 2.56. The van der Waals surface area contributed by atoms with Gasteiger partial charge in [-0.1, -0.05) is 36.4 Å². The Bertz CT molecular complexity index is 676. The van der Waals surface area contributed by atoms with E-state index in [4.69, 9.17) is 0 Å². The Balaban J connectivity index is 0.000000335. The van der Waals surface area contributed by atoms with Gasteiger partial charge in [-0.05, 0) is 13.0 Å². The number of nitro benzene ring substituents is 3. The summed E-state index contributed by atoms with van der Waals surface area (Å²) in [4.78, 5) is 28.5. The minimum atomic E-state index is -1.12. The summed E-state index contributed by atoms with van der Waals surface area (Å²) in [5.41, 5.74) is -2.82. The third kappa shape index (κ3) is 4.07. The van der Waals surface area contributed by atoms with Crippen LogP contribution in [-0.4, -0.2) is 14.8 Å². The fourth-order valence-electron chi connectivity index (χ4n) is 1.61. The maximum Gasteiger partial charge on any atom is 0.422 e. The molecule has 0 amide bonds. The topological polar surface area (TPSA) is 129 Å². The van der Waals surface area contributed by atoms with Crippen molar-refractivity contribution in [2.45, 2.75) is 6.92 Å². The second kappa shape index (κ2) is 7.43. The number of nitro groups is 3. The lowest BCUT2D eigenvalue weighted by atomic mass is 10.1. The highest BCUT2D eigenvalue weighted by Crippen LogP contribution is 2.38. The van der Waals surface area contributed by atoms with E-state index in [2.05, 4.69) is 0 Å². The number of hydrogen-bond donors (Lipinski definition) is 0. The molecule has 22 heavy (non-hydrogen) atoms. The van der Waals surface area contributed by atoms with Crippen LogP contribution in [0, 0.1) is 37.3 Å². The van der Waals surface area contributed by atoms with Crippen LogP contribution in [-0.2, 0) is 0 Å². The number of rotatable bonds is 3. The summed E-state index contributed by atoms with van der Waals surface area (Å²) in [5.74, 6) is 0. The van der Waals surface area contributed by atoms with E-state index in [-0.39, 0.29) is 5.56 Å². The molecule has 0 spiro atoms. The average Bonchev–Trinajstić information content (AvgIpc) is 2.48. The van der Waals surface area contributed by atoms with Crippen LogP contribution in [0.3, 0.4) is 0 Å². The number of aryl methyl sites for hydroxylation is 1. The highest BCUT2D eigenvalue weighted by Gasteiger charge is 2.37. The van der Waals surface area contributed by atoms with Gasteiger partial charge in [-0.2, -0.15) is 0 Å². The molecule has 0 bridgehead atoms. The van der Waals surface area contributed by atoms with Crippen molar-refractivity contribution in [3.63, 3.8) is 0 Å². The van der Waals surface area contributed by atoms with Crippen molar-refractivity contribution >= 4 is 17.1 Å². The summed E-state index contributed by atoms with van der Waals surface area (Å²) < 4.78 is 0.